The summed E-state index contributed by atoms with van der Waals surface area (Å²) in [6, 6.07) is 26.3. The van der Waals surface area contributed by atoms with Gasteiger partial charge in [0, 0.05) is 23.9 Å². The van der Waals surface area contributed by atoms with Gasteiger partial charge in [-0.15, -0.1) is 0 Å². The van der Waals surface area contributed by atoms with Crippen molar-refractivity contribution in [2.75, 3.05) is 20.2 Å². The predicted octanol–water partition coefficient (Wildman–Crippen LogP) is 6.46. The maximum absolute atomic E-state index is 11.6. The van der Waals surface area contributed by atoms with Crippen LogP contribution in [0.4, 0.5) is 0 Å². The molecule has 0 radical (unpaired) electrons. The van der Waals surface area contributed by atoms with Gasteiger partial charge in [-0.05, 0) is 46.8 Å². The lowest BCUT2D eigenvalue weighted by Gasteiger charge is -2.34. The summed E-state index contributed by atoms with van der Waals surface area (Å²) < 4.78 is 6.24. The number of carbonyl (C=O) groups is 2. The summed E-state index contributed by atoms with van der Waals surface area (Å²) in [5.74, 6) is -1.74. The number of nitrogens with zero attached hydrogens (tertiary/aromatic N) is 1. The molecule has 0 unspecified atom stereocenters. The molecule has 0 aliphatic carbocycles. The monoisotopic (exact) mass is 539 g/mol. The zero-order chi connectivity index (χ0) is 28.3. The molecule has 0 aliphatic heterocycles. The minimum atomic E-state index is -0.864. The Kier molecular flexibility index (Phi) is 12.0. The zero-order valence-corrected chi connectivity index (χ0v) is 23.5. The van der Waals surface area contributed by atoms with Gasteiger partial charge in [0.2, 0.25) is 0 Å². The number of halogens is 1. The number of hydrogen-bond donors (Lipinski definition) is 2. The molecule has 0 saturated carbocycles. The second-order valence-corrected chi connectivity index (χ2v) is 10.7. The van der Waals surface area contributed by atoms with Crippen LogP contribution in [-0.2, 0) is 26.3 Å². The number of carboxylic acid groups (broad SMARTS) is 2. The molecule has 0 bridgehead atoms. The number of aliphatic carboxylic acids is 2. The summed E-state index contributed by atoms with van der Waals surface area (Å²) >= 11 is 6.39. The van der Waals surface area contributed by atoms with Crippen LogP contribution in [0.1, 0.15) is 55.9 Å². The van der Waals surface area contributed by atoms with Crippen molar-refractivity contribution in [2.24, 2.45) is 0 Å². The molecule has 1 atom stereocenters. The van der Waals surface area contributed by atoms with Crippen LogP contribution in [0.15, 0.2) is 78.9 Å². The average Bonchev–Trinajstić information content (AvgIpc) is 2.83. The highest BCUT2D eigenvalue weighted by Crippen LogP contribution is 2.31. The van der Waals surface area contributed by atoms with E-state index in [-0.39, 0.29) is 23.9 Å². The van der Waals surface area contributed by atoms with Gasteiger partial charge in [0.15, 0.2) is 0 Å². The summed E-state index contributed by atoms with van der Waals surface area (Å²) in [6.07, 6.45) is 0. The van der Waals surface area contributed by atoms with Crippen LogP contribution in [0.3, 0.4) is 0 Å². The Morgan fingerprint density at radius 2 is 1.42 bits per heavy atom. The molecule has 3 aromatic rings. The first-order valence-corrected chi connectivity index (χ1v) is 12.9. The molecule has 0 aliphatic rings. The van der Waals surface area contributed by atoms with Gasteiger partial charge in [-0.2, -0.15) is 0 Å². The first-order chi connectivity index (χ1) is 17.9. The lowest BCUT2D eigenvalue weighted by Crippen LogP contribution is -2.43. The number of benzene rings is 3. The van der Waals surface area contributed by atoms with Crippen molar-refractivity contribution in [2.45, 2.75) is 51.7 Å². The number of carboxylic acids is 2. The first kappa shape index (κ1) is 31.0. The van der Waals surface area contributed by atoms with Crippen LogP contribution in [-0.4, -0.2) is 53.3 Å². The molecule has 3 aromatic carbocycles. The Morgan fingerprint density at radius 3 is 1.87 bits per heavy atom. The first-order valence-electron chi connectivity index (χ1n) is 12.5. The quantitative estimate of drug-likeness (QED) is 0.307. The lowest BCUT2D eigenvalue weighted by molar-refractivity contribution is -0.139. The van der Waals surface area contributed by atoms with Crippen LogP contribution in [0, 0.1) is 0 Å². The second-order valence-electron chi connectivity index (χ2n) is 10.3. The van der Waals surface area contributed by atoms with E-state index in [0.29, 0.717) is 18.2 Å². The van der Waals surface area contributed by atoms with E-state index >= 15 is 0 Å². The second kappa shape index (κ2) is 14.7. The fourth-order valence-electron chi connectivity index (χ4n) is 4.23. The molecule has 38 heavy (non-hydrogen) atoms. The molecule has 0 aromatic heterocycles. The van der Waals surface area contributed by atoms with Crippen LogP contribution in [0.2, 0.25) is 5.02 Å². The minimum Gasteiger partial charge on any atom is -0.481 e. The topological polar surface area (TPSA) is 87.1 Å². The Bertz CT molecular complexity index is 1120. The fraction of sp³-hybridized carbons (Fsp3) is 0.355. The van der Waals surface area contributed by atoms with Crippen molar-refractivity contribution in [3.05, 3.63) is 106 Å². The predicted molar refractivity (Wildman–Crippen MR) is 152 cm³/mol. The average molecular weight is 540 g/mol. The van der Waals surface area contributed by atoms with Crippen LogP contribution in [0.5, 0.6) is 0 Å². The van der Waals surface area contributed by atoms with E-state index in [2.05, 4.69) is 51.1 Å². The number of hydrogen-bond acceptors (Lipinski definition) is 4. The largest absolute Gasteiger partial charge is 0.481 e. The van der Waals surface area contributed by atoms with Gasteiger partial charge in [-0.25, -0.2) is 0 Å². The van der Waals surface area contributed by atoms with E-state index in [1.54, 1.807) is 0 Å². The van der Waals surface area contributed by atoms with Gasteiger partial charge in [-0.1, -0.05) is 99.1 Å². The van der Waals surface area contributed by atoms with Crippen molar-refractivity contribution in [1.82, 2.24) is 4.90 Å². The standard InChI is InChI=1S/C29H34ClNO3.C2H4O2/c1-29(2,3)24-15-21(16-25(30)17-24)19-34-20-26(31(4)18-27(32)33)28(22-11-7-5-8-12-22)23-13-9-6-10-14-23;1-2(3)4/h5-17,26,28H,18-20H2,1-4H3,(H,32,33);1H3,(H,3,4)/t26-;/m1./s1. The van der Waals surface area contributed by atoms with E-state index in [0.717, 1.165) is 29.2 Å². The molecule has 0 heterocycles. The highest BCUT2D eigenvalue weighted by Gasteiger charge is 2.29. The molecule has 0 saturated heterocycles. The summed E-state index contributed by atoms with van der Waals surface area (Å²) in [7, 11) is 1.85. The van der Waals surface area contributed by atoms with Gasteiger partial charge in [0.1, 0.15) is 0 Å². The third-order valence-corrected chi connectivity index (χ3v) is 6.25. The van der Waals surface area contributed by atoms with E-state index in [1.807, 2.05) is 60.5 Å². The van der Waals surface area contributed by atoms with Crippen molar-refractivity contribution in [3.63, 3.8) is 0 Å². The summed E-state index contributed by atoms with van der Waals surface area (Å²) in [5.41, 5.74) is 4.39. The van der Waals surface area contributed by atoms with Crippen molar-refractivity contribution >= 4 is 23.5 Å². The molecule has 7 heteroatoms. The van der Waals surface area contributed by atoms with Gasteiger partial charge in [0.05, 0.1) is 19.8 Å². The highest BCUT2D eigenvalue weighted by atomic mass is 35.5. The molecule has 0 amide bonds. The Balaban J connectivity index is 0.00000118. The molecule has 0 spiro atoms. The van der Waals surface area contributed by atoms with E-state index in [1.165, 1.54) is 0 Å². The van der Waals surface area contributed by atoms with Gasteiger partial charge < -0.3 is 14.9 Å². The van der Waals surface area contributed by atoms with Gasteiger partial charge >= 0.3 is 5.97 Å². The third-order valence-electron chi connectivity index (χ3n) is 6.03. The number of rotatable bonds is 10. The summed E-state index contributed by atoms with van der Waals surface area (Å²) in [6.45, 7) is 8.25. The zero-order valence-electron chi connectivity index (χ0n) is 22.7. The van der Waals surface area contributed by atoms with Crippen LogP contribution < -0.4 is 0 Å². The highest BCUT2D eigenvalue weighted by molar-refractivity contribution is 6.30. The number of ether oxygens (including phenoxy) is 1. The molecule has 6 nitrogen and oxygen atoms in total. The molecule has 204 valence electrons. The smallest absolute Gasteiger partial charge is 0.317 e. The number of likely N-dealkylation sites (N-methyl/N-ethyl adjacent to an activating group) is 1. The van der Waals surface area contributed by atoms with Gasteiger partial charge in [0.25, 0.3) is 5.97 Å². The molecule has 3 rings (SSSR count). The maximum Gasteiger partial charge on any atom is 0.317 e. The third kappa shape index (κ3) is 10.3. The van der Waals surface area contributed by atoms with Crippen molar-refractivity contribution in [3.8, 4) is 0 Å². The summed E-state index contributed by atoms with van der Waals surface area (Å²) in [4.78, 5) is 22.4. The Labute approximate surface area is 230 Å². The van der Waals surface area contributed by atoms with E-state index < -0.39 is 11.9 Å². The molecule has 2 N–H and O–H groups in total. The Morgan fingerprint density at radius 1 is 0.921 bits per heavy atom. The lowest BCUT2D eigenvalue weighted by atomic mass is 9.84. The van der Waals surface area contributed by atoms with Crippen LogP contribution >= 0.6 is 11.6 Å². The van der Waals surface area contributed by atoms with Crippen LogP contribution in [0.25, 0.3) is 0 Å². The molecular formula is C31H38ClNO5. The van der Waals surface area contributed by atoms with E-state index in [9.17, 15) is 9.90 Å². The summed E-state index contributed by atoms with van der Waals surface area (Å²) in [5, 5.41) is 17.6. The normalized spacial score (nSPS) is 12.1. The SMILES string of the molecule is CC(=O)O.CN(CC(=O)O)[C@H](COCc1cc(Cl)cc(C(C)(C)C)c1)C(c1ccccc1)c1ccccc1. The molecular weight excluding hydrogens is 502 g/mol. The Hall–Kier alpha value is -3.19. The van der Waals surface area contributed by atoms with Crippen molar-refractivity contribution < 1.29 is 24.5 Å². The van der Waals surface area contributed by atoms with Crippen molar-refractivity contribution in [1.29, 1.82) is 0 Å². The molecule has 0 fully saturated rings. The van der Waals surface area contributed by atoms with E-state index in [4.69, 9.17) is 26.2 Å². The van der Waals surface area contributed by atoms with Gasteiger partial charge in [-0.3, -0.25) is 14.5 Å². The fourth-order valence-corrected chi connectivity index (χ4v) is 4.49. The maximum atomic E-state index is 11.6. The minimum absolute atomic E-state index is 0.0182.